The maximum atomic E-state index is 5.10. The Labute approximate surface area is 97.7 Å². The van der Waals surface area contributed by atoms with Crippen LogP contribution in [-0.4, -0.2) is 19.7 Å². The van der Waals surface area contributed by atoms with Gasteiger partial charge in [0, 0.05) is 23.6 Å². The number of nitrogens with zero attached hydrogens (tertiary/aromatic N) is 4. The SMILES string of the molecule is Cc1noc(-c2ccc(-n3ccnc3)cc2)n1. The summed E-state index contributed by atoms with van der Waals surface area (Å²) in [5.41, 5.74) is 1.96. The van der Waals surface area contributed by atoms with E-state index in [4.69, 9.17) is 4.52 Å². The van der Waals surface area contributed by atoms with Gasteiger partial charge in [-0.3, -0.25) is 0 Å². The van der Waals surface area contributed by atoms with Crippen LogP contribution in [0.15, 0.2) is 47.5 Å². The zero-order chi connectivity index (χ0) is 11.7. The normalized spacial score (nSPS) is 10.6. The first kappa shape index (κ1) is 9.77. The van der Waals surface area contributed by atoms with Crippen molar-refractivity contribution >= 4 is 0 Å². The summed E-state index contributed by atoms with van der Waals surface area (Å²) in [4.78, 5) is 8.18. The zero-order valence-electron chi connectivity index (χ0n) is 9.24. The largest absolute Gasteiger partial charge is 0.334 e. The fourth-order valence-electron chi connectivity index (χ4n) is 1.60. The third-order valence-electron chi connectivity index (χ3n) is 2.44. The Morgan fingerprint density at radius 1 is 1.18 bits per heavy atom. The number of rotatable bonds is 2. The van der Waals surface area contributed by atoms with Crippen LogP contribution in [0.4, 0.5) is 0 Å². The summed E-state index contributed by atoms with van der Waals surface area (Å²) in [6.07, 6.45) is 5.40. The third-order valence-corrected chi connectivity index (χ3v) is 2.44. The van der Waals surface area contributed by atoms with Gasteiger partial charge in [-0.1, -0.05) is 5.16 Å². The van der Waals surface area contributed by atoms with Gasteiger partial charge in [-0.2, -0.15) is 4.98 Å². The first-order valence-corrected chi connectivity index (χ1v) is 5.22. The van der Waals surface area contributed by atoms with Gasteiger partial charge in [0.2, 0.25) is 0 Å². The second-order valence-electron chi connectivity index (χ2n) is 3.66. The van der Waals surface area contributed by atoms with Gasteiger partial charge in [-0.15, -0.1) is 0 Å². The molecular formula is C12H10N4O. The van der Waals surface area contributed by atoms with Crippen molar-refractivity contribution in [3.8, 4) is 17.1 Å². The standard InChI is InChI=1S/C12H10N4O/c1-9-14-12(17-15-9)10-2-4-11(5-3-10)16-7-6-13-8-16/h2-8H,1H3. The van der Waals surface area contributed by atoms with Crippen LogP contribution in [0.1, 0.15) is 5.82 Å². The van der Waals surface area contributed by atoms with Gasteiger partial charge in [0.1, 0.15) is 0 Å². The van der Waals surface area contributed by atoms with E-state index < -0.39 is 0 Å². The smallest absolute Gasteiger partial charge is 0.257 e. The van der Waals surface area contributed by atoms with Crippen molar-refractivity contribution in [1.82, 2.24) is 19.7 Å². The zero-order valence-corrected chi connectivity index (χ0v) is 9.24. The molecule has 2 aromatic heterocycles. The van der Waals surface area contributed by atoms with Crippen molar-refractivity contribution in [3.63, 3.8) is 0 Å². The summed E-state index contributed by atoms with van der Waals surface area (Å²) in [6, 6.07) is 7.86. The molecule has 5 nitrogen and oxygen atoms in total. The van der Waals surface area contributed by atoms with Gasteiger partial charge in [0.25, 0.3) is 5.89 Å². The van der Waals surface area contributed by atoms with Gasteiger partial charge in [-0.05, 0) is 31.2 Å². The molecule has 0 unspecified atom stereocenters. The lowest BCUT2D eigenvalue weighted by atomic mass is 10.2. The van der Waals surface area contributed by atoms with E-state index in [1.165, 1.54) is 0 Å². The Morgan fingerprint density at radius 3 is 2.59 bits per heavy atom. The van der Waals surface area contributed by atoms with E-state index in [0.717, 1.165) is 11.3 Å². The quantitative estimate of drug-likeness (QED) is 0.672. The highest BCUT2D eigenvalue weighted by atomic mass is 16.5. The summed E-state index contributed by atoms with van der Waals surface area (Å²) in [5, 5.41) is 3.76. The fraction of sp³-hybridized carbons (Fsp3) is 0.0833. The molecule has 1 aromatic carbocycles. The van der Waals surface area contributed by atoms with Gasteiger partial charge in [-0.25, -0.2) is 4.98 Å². The second-order valence-corrected chi connectivity index (χ2v) is 3.66. The van der Waals surface area contributed by atoms with E-state index in [1.54, 1.807) is 19.4 Å². The molecule has 84 valence electrons. The molecule has 0 saturated carbocycles. The first-order valence-electron chi connectivity index (χ1n) is 5.22. The van der Waals surface area contributed by atoms with E-state index in [1.807, 2.05) is 35.0 Å². The molecule has 0 saturated heterocycles. The summed E-state index contributed by atoms with van der Waals surface area (Å²) in [5.74, 6) is 1.18. The van der Waals surface area contributed by atoms with Crippen LogP contribution in [0, 0.1) is 6.92 Å². The highest BCUT2D eigenvalue weighted by Crippen LogP contribution is 2.18. The molecule has 0 bridgehead atoms. The second kappa shape index (κ2) is 3.86. The van der Waals surface area contributed by atoms with E-state index in [0.29, 0.717) is 11.7 Å². The summed E-state index contributed by atoms with van der Waals surface area (Å²) in [7, 11) is 0. The molecule has 0 N–H and O–H groups in total. The van der Waals surface area contributed by atoms with E-state index in [9.17, 15) is 0 Å². The van der Waals surface area contributed by atoms with Crippen LogP contribution in [0.3, 0.4) is 0 Å². The summed E-state index contributed by atoms with van der Waals surface area (Å²) >= 11 is 0. The molecule has 0 aliphatic rings. The van der Waals surface area contributed by atoms with Crippen molar-refractivity contribution < 1.29 is 4.52 Å². The van der Waals surface area contributed by atoms with Crippen molar-refractivity contribution in [2.24, 2.45) is 0 Å². The Morgan fingerprint density at radius 2 is 2.00 bits per heavy atom. The number of hydrogen-bond acceptors (Lipinski definition) is 4. The van der Waals surface area contributed by atoms with Gasteiger partial charge in [0.15, 0.2) is 5.82 Å². The van der Waals surface area contributed by atoms with Crippen LogP contribution in [-0.2, 0) is 0 Å². The van der Waals surface area contributed by atoms with Crippen LogP contribution in [0.25, 0.3) is 17.1 Å². The lowest BCUT2D eigenvalue weighted by Gasteiger charge is -2.01. The molecule has 3 aromatic rings. The average molecular weight is 226 g/mol. The van der Waals surface area contributed by atoms with E-state index in [2.05, 4.69) is 15.1 Å². The lowest BCUT2D eigenvalue weighted by molar-refractivity contribution is 0.425. The van der Waals surface area contributed by atoms with Crippen molar-refractivity contribution in [2.45, 2.75) is 6.92 Å². The highest BCUT2D eigenvalue weighted by molar-refractivity contribution is 5.55. The fourth-order valence-corrected chi connectivity index (χ4v) is 1.60. The predicted molar refractivity (Wildman–Crippen MR) is 61.6 cm³/mol. The Hall–Kier alpha value is -2.43. The van der Waals surface area contributed by atoms with Gasteiger partial charge >= 0.3 is 0 Å². The van der Waals surface area contributed by atoms with Crippen molar-refractivity contribution in [2.75, 3.05) is 0 Å². The Bertz CT molecular complexity index is 610. The third kappa shape index (κ3) is 1.82. The van der Waals surface area contributed by atoms with Crippen LogP contribution < -0.4 is 0 Å². The number of benzene rings is 1. The lowest BCUT2D eigenvalue weighted by Crippen LogP contribution is -1.89. The van der Waals surface area contributed by atoms with Gasteiger partial charge < -0.3 is 9.09 Å². The van der Waals surface area contributed by atoms with Crippen LogP contribution in [0.5, 0.6) is 0 Å². The molecule has 0 amide bonds. The Kier molecular flexibility index (Phi) is 2.22. The Balaban J connectivity index is 1.95. The number of imidazole rings is 1. The molecular weight excluding hydrogens is 216 g/mol. The minimum Gasteiger partial charge on any atom is -0.334 e. The number of aryl methyl sites for hydroxylation is 1. The monoisotopic (exact) mass is 226 g/mol. The number of hydrogen-bond donors (Lipinski definition) is 0. The molecule has 0 fully saturated rings. The van der Waals surface area contributed by atoms with Gasteiger partial charge in [0.05, 0.1) is 6.33 Å². The molecule has 5 heteroatoms. The molecule has 17 heavy (non-hydrogen) atoms. The van der Waals surface area contributed by atoms with Crippen molar-refractivity contribution in [1.29, 1.82) is 0 Å². The van der Waals surface area contributed by atoms with E-state index in [-0.39, 0.29) is 0 Å². The minimum absolute atomic E-state index is 0.541. The van der Waals surface area contributed by atoms with E-state index >= 15 is 0 Å². The molecule has 0 aliphatic heterocycles. The number of aromatic nitrogens is 4. The maximum absolute atomic E-state index is 5.10. The molecule has 0 aliphatic carbocycles. The van der Waals surface area contributed by atoms with Crippen LogP contribution >= 0.6 is 0 Å². The molecule has 2 heterocycles. The van der Waals surface area contributed by atoms with Crippen molar-refractivity contribution in [3.05, 3.63) is 48.8 Å². The highest BCUT2D eigenvalue weighted by Gasteiger charge is 2.05. The summed E-state index contributed by atoms with van der Waals surface area (Å²) in [6.45, 7) is 1.80. The molecule has 0 radical (unpaired) electrons. The molecule has 0 spiro atoms. The minimum atomic E-state index is 0.541. The predicted octanol–water partition coefficient (Wildman–Crippen LogP) is 2.23. The average Bonchev–Trinajstić information content (AvgIpc) is 3.00. The first-order chi connectivity index (χ1) is 8.33. The molecule has 3 rings (SSSR count). The molecule has 0 atom stereocenters. The van der Waals surface area contributed by atoms with Crippen LogP contribution in [0.2, 0.25) is 0 Å². The topological polar surface area (TPSA) is 56.7 Å². The summed E-state index contributed by atoms with van der Waals surface area (Å²) < 4.78 is 7.03. The maximum Gasteiger partial charge on any atom is 0.257 e.